The topological polar surface area (TPSA) is 46.2 Å². The average Bonchev–Trinajstić information content (AvgIpc) is 2.17. The lowest BCUT2D eigenvalue weighted by Gasteiger charge is -2.29. The van der Waals surface area contributed by atoms with Crippen molar-refractivity contribution in [2.45, 2.75) is 25.7 Å². The first-order valence-electron chi connectivity index (χ1n) is 4.74. The molecule has 0 aromatic heterocycles. The lowest BCUT2D eigenvalue weighted by Crippen LogP contribution is -2.44. The molecule has 1 atom stereocenters. The van der Waals surface area contributed by atoms with E-state index in [0.717, 1.165) is 19.1 Å². The molecular weight excluding hydrogens is 204 g/mol. The maximum Gasteiger partial charge on any atom is 0.501 e. The van der Waals surface area contributed by atoms with Crippen LogP contribution in [0, 0.1) is 0 Å². The van der Waals surface area contributed by atoms with Crippen molar-refractivity contribution >= 4 is 8.80 Å². The molecule has 14 heavy (non-hydrogen) atoms. The molecule has 0 amide bonds. The minimum Gasteiger partial charge on any atom is -0.377 e. The summed E-state index contributed by atoms with van der Waals surface area (Å²) in [5.41, 5.74) is 0. The molecule has 0 saturated carbocycles. The summed E-state index contributed by atoms with van der Waals surface area (Å²) in [5.74, 6) is 0. The van der Waals surface area contributed by atoms with Crippen molar-refractivity contribution in [1.29, 1.82) is 0 Å². The van der Waals surface area contributed by atoms with Gasteiger partial charge in [0.1, 0.15) is 6.79 Å². The SMILES string of the molecule is CC[Si](OC)(OC)OCOC1CCO1. The minimum absolute atomic E-state index is 0.104. The van der Waals surface area contributed by atoms with E-state index in [1.165, 1.54) is 0 Å². The third kappa shape index (κ3) is 3.01. The van der Waals surface area contributed by atoms with Crippen molar-refractivity contribution in [2.24, 2.45) is 0 Å². The number of ether oxygens (including phenoxy) is 2. The Morgan fingerprint density at radius 1 is 1.36 bits per heavy atom. The second kappa shape index (κ2) is 5.79. The molecule has 1 rings (SSSR count). The lowest BCUT2D eigenvalue weighted by molar-refractivity contribution is -0.242. The van der Waals surface area contributed by atoms with E-state index >= 15 is 0 Å². The van der Waals surface area contributed by atoms with Crippen LogP contribution in [0.25, 0.3) is 0 Å². The van der Waals surface area contributed by atoms with Gasteiger partial charge in [-0.25, -0.2) is 0 Å². The standard InChI is InChI=1S/C8H18O5Si/c1-4-14(9-2,10-3)13-7-12-8-5-6-11-8/h8H,4-7H2,1-3H3. The second-order valence-electron chi connectivity index (χ2n) is 2.96. The van der Waals surface area contributed by atoms with Crippen LogP contribution in [0.1, 0.15) is 13.3 Å². The Labute approximate surface area is 85.6 Å². The van der Waals surface area contributed by atoms with Crippen molar-refractivity contribution in [2.75, 3.05) is 27.6 Å². The number of hydrogen-bond donors (Lipinski definition) is 0. The predicted molar refractivity (Wildman–Crippen MR) is 51.6 cm³/mol. The highest BCUT2D eigenvalue weighted by molar-refractivity contribution is 6.60. The molecule has 1 aliphatic rings. The van der Waals surface area contributed by atoms with Gasteiger partial charge in [-0.1, -0.05) is 6.92 Å². The zero-order chi connectivity index (χ0) is 10.4. The maximum absolute atomic E-state index is 5.48. The van der Waals surface area contributed by atoms with Gasteiger partial charge in [0.15, 0.2) is 6.29 Å². The Kier molecular flexibility index (Phi) is 5.00. The largest absolute Gasteiger partial charge is 0.501 e. The molecule has 1 saturated heterocycles. The van der Waals surface area contributed by atoms with Crippen LogP contribution in [0.3, 0.4) is 0 Å². The van der Waals surface area contributed by atoms with Crippen LogP contribution in [-0.2, 0) is 22.8 Å². The highest BCUT2D eigenvalue weighted by Crippen LogP contribution is 2.16. The highest BCUT2D eigenvalue weighted by atomic mass is 28.4. The molecule has 1 heterocycles. The van der Waals surface area contributed by atoms with Crippen molar-refractivity contribution in [1.82, 2.24) is 0 Å². The molecule has 5 nitrogen and oxygen atoms in total. The molecule has 84 valence electrons. The molecule has 0 spiro atoms. The fourth-order valence-corrected chi connectivity index (χ4v) is 2.57. The summed E-state index contributed by atoms with van der Waals surface area (Å²) in [6, 6.07) is 0.731. The van der Waals surface area contributed by atoms with E-state index in [9.17, 15) is 0 Å². The fourth-order valence-electron chi connectivity index (χ4n) is 1.14. The van der Waals surface area contributed by atoms with Crippen molar-refractivity contribution < 1.29 is 22.8 Å². The number of hydrogen-bond acceptors (Lipinski definition) is 5. The third-order valence-electron chi connectivity index (χ3n) is 2.25. The van der Waals surface area contributed by atoms with Crippen LogP contribution >= 0.6 is 0 Å². The Morgan fingerprint density at radius 2 is 2.00 bits per heavy atom. The van der Waals surface area contributed by atoms with Crippen molar-refractivity contribution in [3.05, 3.63) is 0 Å². The Balaban J connectivity index is 2.17. The van der Waals surface area contributed by atoms with E-state index in [4.69, 9.17) is 22.8 Å². The molecule has 0 radical (unpaired) electrons. The molecule has 1 aliphatic heterocycles. The summed E-state index contributed by atoms with van der Waals surface area (Å²) >= 11 is 0. The van der Waals surface area contributed by atoms with Gasteiger partial charge >= 0.3 is 8.80 Å². The molecule has 0 aromatic rings. The van der Waals surface area contributed by atoms with E-state index in [1.54, 1.807) is 14.2 Å². The Bertz CT molecular complexity index is 150. The monoisotopic (exact) mass is 222 g/mol. The smallest absolute Gasteiger partial charge is 0.377 e. The molecule has 1 fully saturated rings. The van der Waals surface area contributed by atoms with Gasteiger partial charge in [0.05, 0.1) is 6.61 Å². The Morgan fingerprint density at radius 3 is 2.36 bits per heavy atom. The van der Waals surface area contributed by atoms with E-state index in [2.05, 4.69) is 0 Å². The van der Waals surface area contributed by atoms with Gasteiger partial charge in [-0.3, -0.25) is 0 Å². The van der Waals surface area contributed by atoms with Crippen LogP contribution in [0.2, 0.25) is 6.04 Å². The summed E-state index contributed by atoms with van der Waals surface area (Å²) in [4.78, 5) is 0. The molecule has 1 unspecified atom stereocenters. The van der Waals surface area contributed by atoms with Crippen LogP contribution in [0.4, 0.5) is 0 Å². The van der Waals surface area contributed by atoms with E-state index in [0.29, 0.717) is 0 Å². The van der Waals surface area contributed by atoms with Gasteiger partial charge < -0.3 is 22.8 Å². The van der Waals surface area contributed by atoms with Gasteiger partial charge in [0, 0.05) is 26.7 Å². The van der Waals surface area contributed by atoms with Gasteiger partial charge in [0.25, 0.3) is 0 Å². The van der Waals surface area contributed by atoms with E-state index in [1.807, 2.05) is 6.92 Å². The van der Waals surface area contributed by atoms with Gasteiger partial charge in [-0.05, 0) is 0 Å². The van der Waals surface area contributed by atoms with Crippen LogP contribution in [0.15, 0.2) is 0 Å². The first-order valence-corrected chi connectivity index (χ1v) is 6.67. The van der Waals surface area contributed by atoms with E-state index in [-0.39, 0.29) is 13.1 Å². The molecular formula is C8H18O5Si. The van der Waals surface area contributed by atoms with Gasteiger partial charge in [-0.2, -0.15) is 0 Å². The minimum atomic E-state index is -2.45. The van der Waals surface area contributed by atoms with Gasteiger partial charge in [-0.15, -0.1) is 0 Å². The lowest BCUT2D eigenvalue weighted by atomic mass is 10.3. The summed E-state index contributed by atoms with van der Waals surface area (Å²) in [6.07, 6.45) is 0.830. The van der Waals surface area contributed by atoms with Gasteiger partial charge in [0.2, 0.25) is 0 Å². The molecule has 0 aliphatic carbocycles. The zero-order valence-electron chi connectivity index (χ0n) is 8.95. The number of rotatable bonds is 7. The Hall–Kier alpha value is 0.0169. The third-order valence-corrected chi connectivity index (χ3v) is 4.91. The van der Waals surface area contributed by atoms with Crippen molar-refractivity contribution in [3.63, 3.8) is 0 Å². The fraction of sp³-hybridized carbons (Fsp3) is 1.00. The predicted octanol–water partition coefficient (Wildman–Crippen LogP) is 0.975. The molecule has 0 bridgehead atoms. The van der Waals surface area contributed by atoms with Crippen molar-refractivity contribution in [3.8, 4) is 0 Å². The molecule has 0 aromatic carbocycles. The summed E-state index contributed by atoms with van der Waals surface area (Å²) in [6.45, 7) is 2.92. The van der Waals surface area contributed by atoms with Crippen LogP contribution in [-0.4, -0.2) is 42.7 Å². The maximum atomic E-state index is 5.48. The first kappa shape index (κ1) is 12.1. The normalized spacial score (nSPS) is 22.1. The summed E-state index contributed by atoms with van der Waals surface area (Å²) in [5, 5.41) is 0. The second-order valence-corrected chi connectivity index (χ2v) is 6.14. The van der Waals surface area contributed by atoms with Crippen LogP contribution in [0.5, 0.6) is 0 Å². The summed E-state index contributed by atoms with van der Waals surface area (Å²) < 4.78 is 26.3. The van der Waals surface area contributed by atoms with Crippen LogP contribution < -0.4 is 0 Å². The average molecular weight is 222 g/mol. The zero-order valence-corrected chi connectivity index (χ0v) is 9.95. The first-order chi connectivity index (χ1) is 6.76. The quantitative estimate of drug-likeness (QED) is 0.474. The molecule has 0 N–H and O–H groups in total. The molecule has 6 heteroatoms. The summed E-state index contributed by atoms with van der Waals surface area (Å²) in [7, 11) is 0.739. The van der Waals surface area contributed by atoms with E-state index < -0.39 is 8.80 Å². The highest BCUT2D eigenvalue weighted by Gasteiger charge is 2.37.